The Kier molecular flexibility index (Phi) is 15.1. The van der Waals surface area contributed by atoms with Crippen molar-refractivity contribution in [2.24, 2.45) is 5.73 Å². The van der Waals surface area contributed by atoms with E-state index in [1.54, 1.807) is 12.5 Å². The summed E-state index contributed by atoms with van der Waals surface area (Å²) < 4.78 is 0. The van der Waals surface area contributed by atoms with Crippen LogP contribution in [-0.4, -0.2) is 16.5 Å². The minimum absolute atomic E-state index is 0. The van der Waals surface area contributed by atoms with Gasteiger partial charge in [0.25, 0.3) is 0 Å². The summed E-state index contributed by atoms with van der Waals surface area (Å²) in [6, 6.07) is 0. The predicted molar refractivity (Wildman–Crippen MR) is 54.7 cm³/mol. The third-order valence-electron chi connectivity index (χ3n) is 0.969. The average molecular weight is 202 g/mol. The van der Waals surface area contributed by atoms with Gasteiger partial charge in [-0.25, -0.2) is 4.98 Å². The van der Waals surface area contributed by atoms with Crippen molar-refractivity contribution in [1.29, 1.82) is 0 Å². The molecule has 3 N–H and O–H groups in total. The molecule has 0 aliphatic rings. The number of H-pyrrole nitrogens is 1. The van der Waals surface area contributed by atoms with E-state index in [1.165, 1.54) is 0 Å². The van der Waals surface area contributed by atoms with Crippen LogP contribution in [0, 0.1) is 0 Å². The van der Waals surface area contributed by atoms with Gasteiger partial charge in [0, 0.05) is 19.7 Å². The molecule has 1 rings (SSSR count). The average Bonchev–Trinajstić information content (AvgIpc) is 2.19. The van der Waals surface area contributed by atoms with Crippen molar-refractivity contribution in [3.05, 3.63) is 18.2 Å². The molecule has 0 amide bonds. The van der Waals surface area contributed by atoms with Crippen LogP contribution in [0.25, 0.3) is 0 Å². The molecule has 5 heteroatoms. The molecule has 1 heterocycles. The van der Waals surface area contributed by atoms with E-state index in [4.69, 9.17) is 5.73 Å². The third kappa shape index (κ3) is 6.16. The number of halogens is 2. The smallest absolute Gasteiger partial charge is 0.0921 e. The number of nitrogens with two attached hydrogens (primary N) is 1. The van der Waals surface area contributed by atoms with Gasteiger partial charge in [-0.1, -0.05) is 7.43 Å². The van der Waals surface area contributed by atoms with Gasteiger partial charge in [-0.2, -0.15) is 0 Å². The van der Waals surface area contributed by atoms with Crippen molar-refractivity contribution in [2.75, 3.05) is 6.54 Å². The van der Waals surface area contributed by atoms with E-state index in [2.05, 4.69) is 9.97 Å². The number of hydrogen-bond donors (Lipinski definition) is 2. The second kappa shape index (κ2) is 9.75. The molecule has 0 spiro atoms. The number of aromatic amines is 1. The van der Waals surface area contributed by atoms with Gasteiger partial charge in [0.05, 0.1) is 6.33 Å². The molecule has 0 aromatic carbocycles. The van der Waals surface area contributed by atoms with Gasteiger partial charge in [-0.3, -0.25) is 0 Å². The Labute approximate surface area is 81.1 Å². The third-order valence-corrected chi connectivity index (χ3v) is 0.969. The molecule has 0 aliphatic heterocycles. The molecule has 0 saturated heterocycles. The Bertz CT molecular complexity index is 147. The maximum absolute atomic E-state index is 5.27. The summed E-state index contributed by atoms with van der Waals surface area (Å²) in [6.45, 7) is 0.683. The van der Waals surface area contributed by atoms with Gasteiger partial charge in [0.1, 0.15) is 0 Å². The van der Waals surface area contributed by atoms with E-state index in [0.29, 0.717) is 6.54 Å². The van der Waals surface area contributed by atoms with Crippen molar-refractivity contribution in [1.82, 2.24) is 9.97 Å². The number of hydrogen-bond acceptors (Lipinski definition) is 2. The molecule has 11 heavy (non-hydrogen) atoms. The van der Waals surface area contributed by atoms with Crippen LogP contribution in [0.2, 0.25) is 0 Å². The van der Waals surface area contributed by atoms with Crippen LogP contribution in [0.5, 0.6) is 0 Å². The SMILES string of the molecule is C.Cl.Cl.NCCc1cnc[nH]1.[HH]. The molecule has 1 aromatic rings. The van der Waals surface area contributed by atoms with Crippen LogP contribution in [0.3, 0.4) is 0 Å². The van der Waals surface area contributed by atoms with Gasteiger partial charge in [-0.05, 0) is 6.54 Å². The van der Waals surface area contributed by atoms with Gasteiger partial charge in [-0.15, -0.1) is 24.8 Å². The Balaban J connectivity index is -0.0000000800. The Morgan fingerprint density at radius 3 is 2.55 bits per heavy atom. The van der Waals surface area contributed by atoms with Crippen LogP contribution >= 0.6 is 24.8 Å². The number of nitrogens with zero attached hydrogens (tertiary/aromatic N) is 1. The molecule has 0 bridgehead atoms. The summed E-state index contributed by atoms with van der Waals surface area (Å²) in [7, 11) is 0. The zero-order chi connectivity index (χ0) is 5.82. The summed E-state index contributed by atoms with van der Waals surface area (Å²) in [5.74, 6) is 0. The summed E-state index contributed by atoms with van der Waals surface area (Å²) in [5, 5.41) is 0. The van der Waals surface area contributed by atoms with Crippen molar-refractivity contribution in [2.45, 2.75) is 13.8 Å². The number of nitrogens with one attached hydrogen (secondary N) is 1. The quantitative estimate of drug-likeness (QED) is 0.765. The summed E-state index contributed by atoms with van der Waals surface area (Å²) in [4.78, 5) is 6.78. The Morgan fingerprint density at radius 2 is 2.18 bits per heavy atom. The van der Waals surface area contributed by atoms with Crippen molar-refractivity contribution in [3.8, 4) is 0 Å². The van der Waals surface area contributed by atoms with Crippen molar-refractivity contribution >= 4 is 24.8 Å². The lowest BCUT2D eigenvalue weighted by Gasteiger charge is -1.86. The lowest BCUT2D eigenvalue weighted by Crippen LogP contribution is -2.02. The van der Waals surface area contributed by atoms with Crippen LogP contribution in [0.1, 0.15) is 14.5 Å². The molecule has 1 aromatic heterocycles. The van der Waals surface area contributed by atoms with Gasteiger partial charge < -0.3 is 10.7 Å². The molecule has 0 radical (unpaired) electrons. The fraction of sp³-hybridized carbons (Fsp3) is 0.500. The Hall–Kier alpha value is -0.250. The fourth-order valence-corrected chi connectivity index (χ4v) is 0.577. The van der Waals surface area contributed by atoms with Gasteiger partial charge >= 0.3 is 0 Å². The van der Waals surface area contributed by atoms with E-state index >= 15 is 0 Å². The van der Waals surface area contributed by atoms with E-state index in [0.717, 1.165) is 12.1 Å². The first kappa shape index (κ1) is 17.0. The zero-order valence-corrected chi connectivity index (χ0v) is 7.04. The van der Waals surface area contributed by atoms with E-state index in [-0.39, 0.29) is 33.7 Å². The maximum atomic E-state index is 5.27. The summed E-state index contributed by atoms with van der Waals surface area (Å²) in [5.41, 5.74) is 6.38. The zero-order valence-electron chi connectivity index (χ0n) is 5.41. The number of aromatic nitrogens is 2. The number of rotatable bonds is 2. The molecule has 70 valence electrons. The highest BCUT2D eigenvalue weighted by atomic mass is 35.5. The van der Waals surface area contributed by atoms with Crippen LogP contribution in [0.4, 0.5) is 0 Å². The second-order valence-corrected chi connectivity index (χ2v) is 1.62. The van der Waals surface area contributed by atoms with Crippen LogP contribution < -0.4 is 5.73 Å². The first-order valence-corrected chi connectivity index (χ1v) is 2.61. The van der Waals surface area contributed by atoms with Gasteiger partial charge in [0.15, 0.2) is 0 Å². The molecule has 0 saturated carbocycles. The molecule has 0 aliphatic carbocycles. The highest BCUT2D eigenvalue weighted by molar-refractivity contribution is 5.85. The normalized spacial score (nSPS) is 7.00. The lowest BCUT2D eigenvalue weighted by atomic mass is 10.3. The molecule has 0 atom stereocenters. The topological polar surface area (TPSA) is 54.7 Å². The lowest BCUT2D eigenvalue weighted by molar-refractivity contribution is 0.935. The molecular weight excluding hydrogens is 185 g/mol. The van der Waals surface area contributed by atoms with E-state index in [1.807, 2.05) is 0 Å². The largest absolute Gasteiger partial charge is 0.348 e. The van der Waals surface area contributed by atoms with Crippen LogP contribution in [-0.2, 0) is 6.42 Å². The first-order valence-electron chi connectivity index (χ1n) is 2.61. The fourth-order valence-electron chi connectivity index (χ4n) is 0.577. The summed E-state index contributed by atoms with van der Waals surface area (Å²) >= 11 is 0. The van der Waals surface area contributed by atoms with Crippen LogP contribution in [0.15, 0.2) is 12.5 Å². The molecule has 3 nitrogen and oxygen atoms in total. The summed E-state index contributed by atoms with van der Waals surface area (Å²) in [6.07, 6.45) is 4.33. The second-order valence-electron chi connectivity index (χ2n) is 1.62. The highest BCUT2D eigenvalue weighted by Gasteiger charge is 1.86. The first-order chi connectivity index (χ1) is 3.93. The van der Waals surface area contributed by atoms with E-state index in [9.17, 15) is 0 Å². The molecular formula is C6H17Cl2N3. The number of imidazole rings is 1. The van der Waals surface area contributed by atoms with E-state index < -0.39 is 0 Å². The van der Waals surface area contributed by atoms with Crippen molar-refractivity contribution < 1.29 is 1.43 Å². The Morgan fingerprint density at radius 1 is 1.55 bits per heavy atom. The van der Waals surface area contributed by atoms with Gasteiger partial charge in [0.2, 0.25) is 0 Å². The predicted octanol–water partition coefficient (Wildman–Crippen LogP) is 1.64. The molecule has 0 fully saturated rings. The standard InChI is InChI=1S/C5H9N3.CH4.2ClH.H2/c6-2-1-5-3-7-4-8-5;;;;/h3-4H,1-2,6H2,(H,7,8);1H4;3*1H. The van der Waals surface area contributed by atoms with Crippen molar-refractivity contribution in [3.63, 3.8) is 0 Å². The minimum atomic E-state index is 0. The minimum Gasteiger partial charge on any atom is -0.348 e. The maximum Gasteiger partial charge on any atom is 0.0921 e. The monoisotopic (exact) mass is 201 g/mol. The molecule has 0 unspecified atom stereocenters. The highest BCUT2D eigenvalue weighted by Crippen LogP contribution is 1.88.